The molecule has 2 heterocycles. The SMILES string of the molecule is COc1c(C)cnc(CN2CC(O)C2)c1C. The standard InChI is InChI=1S/C12H18N2O2/c1-8-4-13-11(9(2)12(8)16-3)7-14-5-10(15)6-14/h4,10,15H,5-7H2,1-3H3. The summed E-state index contributed by atoms with van der Waals surface area (Å²) in [6.45, 7) is 6.31. The molecule has 1 aliphatic heterocycles. The van der Waals surface area contributed by atoms with Gasteiger partial charge in [0.15, 0.2) is 0 Å². The van der Waals surface area contributed by atoms with Gasteiger partial charge in [-0.15, -0.1) is 0 Å². The Morgan fingerprint density at radius 3 is 2.75 bits per heavy atom. The number of pyridine rings is 1. The normalized spacial score (nSPS) is 17.2. The number of hydrogen-bond donors (Lipinski definition) is 1. The molecule has 1 aromatic heterocycles. The van der Waals surface area contributed by atoms with Gasteiger partial charge in [-0.3, -0.25) is 9.88 Å². The lowest BCUT2D eigenvalue weighted by Crippen LogP contribution is -2.50. The summed E-state index contributed by atoms with van der Waals surface area (Å²) >= 11 is 0. The van der Waals surface area contributed by atoms with Crippen LogP contribution in [-0.4, -0.2) is 41.3 Å². The van der Waals surface area contributed by atoms with E-state index in [0.29, 0.717) is 0 Å². The van der Waals surface area contributed by atoms with Gasteiger partial charge in [-0.05, 0) is 13.8 Å². The van der Waals surface area contributed by atoms with E-state index in [2.05, 4.69) is 9.88 Å². The summed E-state index contributed by atoms with van der Waals surface area (Å²) in [5.74, 6) is 0.922. The van der Waals surface area contributed by atoms with Gasteiger partial charge in [-0.25, -0.2) is 0 Å². The molecule has 0 unspecified atom stereocenters. The highest BCUT2D eigenvalue weighted by molar-refractivity contribution is 5.41. The highest BCUT2D eigenvalue weighted by Gasteiger charge is 2.25. The predicted octanol–water partition coefficient (Wildman–Crippen LogP) is 0.884. The summed E-state index contributed by atoms with van der Waals surface area (Å²) in [6, 6.07) is 0. The quantitative estimate of drug-likeness (QED) is 0.824. The highest BCUT2D eigenvalue weighted by Crippen LogP contribution is 2.25. The average molecular weight is 222 g/mol. The number of likely N-dealkylation sites (tertiary alicyclic amines) is 1. The van der Waals surface area contributed by atoms with E-state index < -0.39 is 0 Å². The van der Waals surface area contributed by atoms with Crippen LogP contribution in [0.3, 0.4) is 0 Å². The Morgan fingerprint density at radius 2 is 2.19 bits per heavy atom. The van der Waals surface area contributed by atoms with Crippen molar-refractivity contribution in [3.05, 3.63) is 23.0 Å². The summed E-state index contributed by atoms with van der Waals surface area (Å²) in [4.78, 5) is 6.61. The Bertz CT molecular complexity index is 387. The van der Waals surface area contributed by atoms with E-state index in [1.807, 2.05) is 20.0 Å². The number of β-amino-alcohol motifs (C(OH)–C–C–N with tert-alkyl or cyclic N) is 1. The summed E-state index contributed by atoms with van der Waals surface area (Å²) in [5.41, 5.74) is 3.20. The Balaban J connectivity index is 2.15. The van der Waals surface area contributed by atoms with Crippen LogP contribution in [0.5, 0.6) is 5.75 Å². The number of methoxy groups -OCH3 is 1. The predicted molar refractivity (Wildman–Crippen MR) is 61.5 cm³/mol. The molecule has 0 amide bonds. The minimum atomic E-state index is -0.160. The number of aryl methyl sites for hydroxylation is 1. The van der Waals surface area contributed by atoms with Crippen LogP contribution < -0.4 is 4.74 Å². The van der Waals surface area contributed by atoms with Crippen molar-refractivity contribution < 1.29 is 9.84 Å². The molecule has 0 spiro atoms. The van der Waals surface area contributed by atoms with Crippen LogP contribution in [0.15, 0.2) is 6.20 Å². The molecule has 1 aromatic rings. The van der Waals surface area contributed by atoms with Crippen LogP contribution in [-0.2, 0) is 6.54 Å². The minimum Gasteiger partial charge on any atom is -0.496 e. The Morgan fingerprint density at radius 1 is 1.50 bits per heavy atom. The fraction of sp³-hybridized carbons (Fsp3) is 0.583. The van der Waals surface area contributed by atoms with Crippen LogP contribution in [0.4, 0.5) is 0 Å². The number of ether oxygens (including phenoxy) is 1. The monoisotopic (exact) mass is 222 g/mol. The number of rotatable bonds is 3. The van der Waals surface area contributed by atoms with Gasteiger partial charge in [0.2, 0.25) is 0 Å². The van der Waals surface area contributed by atoms with Crippen LogP contribution in [0.2, 0.25) is 0 Å². The fourth-order valence-electron chi connectivity index (χ4n) is 2.11. The van der Waals surface area contributed by atoms with Gasteiger partial charge >= 0.3 is 0 Å². The molecule has 1 N–H and O–H groups in total. The maximum Gasteiger partial charge on any atom is 0.128 e. The van der Waals surface area contributed by atoms with Gasteiger partial charge in [0.05, 0.1) is 18.9 Å². The fourth-order valence-corrected chi connectivity index (χ4v) is 2.11. The zero-order chi connectivity index (χ0) is 11.7. The van der Waals surface area contributed by atoms with E-state index >= 15 is 0 Å². The van der Waals surface area contributed by atoms with Crippen molar-refractivity contribution in [1.82, 2.24) is 9.88 Å². The first-order chi connectivity index (χ1) is 7.61. The van der Waals surface area contributed by atoms with E-state index in [1.165, 1.54) is 0 Å². The molecule has 2 rings (SSSR count). The molecule has 1 aliphatic rings. The smallest absolute Gasteiger partial charge is 0.128 e. The molecule has 88 valence electrons. The second-order valence-corrected chi connectivity index (χ2v) is 4.39. The lowest BCUT2D eigenvalue weighted by atomic mass is 10.1. The van der Waals surface area contributed by atoms with Crippen molar-refractivity contribution in [2.75, 3.05) is 20.2 Å². The largest absolute Gasteiger partial charge is 0.496 e. The molecule has 0 aliphatic carbocycles. The Hall–Kier alpha value is -1.13. The molecule has 0 bridgehead atoms. The van der Waals surface area contributed by atoms with Crippen molar-refractivity contribution in [2.45, 2.75) is 26.5 Å². The highest BCUT2D eigenvalue weighted by atomic mass is 16.5. The molecule has 0 radical (unpaired) electrons. The first kappa shape index (κ1) is 11.4. The molecule has 1 saturated heterocycles. The first-order valence-electron chi connectivity index (χ1n) is 5.51. The molecular formula is C12H18N2O2. The Labute approximate surface area is 95.9 Å². The first-order valence-corrected chi connectivity index (χ1v) is 5.51. The third-order valence-electron chi connectivity index (χ3n) is 3.06. The van der Waals surface area contributed by atoms with E-state index in [0.717, 1.165) is 42.2 Å². The number of aromatic nitrogens is 1. The van der Waals surface area contributed by atoms with Gasteiger partial charge in [-0.2, -0.15) is 0 Å². The van der Waals surface area contributed by atoms with Crippen molar-refractivity contribution >= 4 is 0 Å². The topological polar surface area (TPSA) is 45.6 Å². The molecule has 0 atom stereocenters. The molecule has 16 heavy (non-hydrogen) atoms. The van der Waals surface area contributed by atoms with Crippen LogP contribution >= 0.6 is 0 Å². The third kappa shape index (κ3) is 2.03. The second-order valence-electron chi connectivity index (χ2n) is 4.39. The number of hydrogen-bond acceptors (Lipinski definition) is 4. The van der Waals surface area contributed by atoms with Crippen molar-refractivity contribution in [1.29, 1.82) is 0 Å². The lowest BCUT2D eigenvalue weighted by molar-refractivity contribution is -0.00368. The Kier molecular flexibility index (Phi) is 3.12. The zero-order valence-corrected chi connectivity index (χ0v) is 10.0. The summed E-state index contributed by atoms with van der Waals surface area (Å²) in [7, 11) is 1.69. The minimum absolute atomic E-state index is 0.160. The van der Waals surface area contributed by atoms with Crippen molar-refractivity contribution in [3.8, 4) is 5.75 Å². The van der Waals surface area contributed by atoms with E-state index in [4.69, 9.17) is 4.74 Å². The van der Waals surface area contributed by atoms with Gasteiger partial charge in [0.1, 0.15) is 5.75 Å². The van der Waals surface area contributed by atoms with Gasteiger partial charge in [0.25, 0.3) is 0 Å². The maximum absolute atomic E-state index is 9.22. The zero-order valence-electron chi connectivity index (χ0n) is 10.0. The van der Waals surface area contributed by atoms with Gasteiger partial charge in [-0.1, -0.05) is 0 Å². The van der Waals surface area contributed by atoms with E-state index in [1.54, 1.807) is 7.11 Å². The second kappa shape index (κ2) is 4.39. The molecule has 4 heteroatoms. The molecule has 0 aromatic carbocycles. The van der Waals surface area contributed by atoms with E-state index in [9.17, 15) is 5.11 Å². The van der Waals surface area contributed by atoms with Crippen LogP contribution in [0, 0.1) is 13.8 Å². The number of nitrogens with zero attached hydrogens (tertiary/aromatic N) is 2. The molecular weight excluding hydrogens is 204 g/mol. The van der Waals surface area contributed by atoms with Gasteiger partial charge in [0, 0.05) is 37.0 Å². The molecule has 1 fully saturated rings. The lowest BCUT2D eigenvalue weighted by Gasteiger charge is -2.35. The van der Waals surface area contributed by atoms with E-state index in [-0.39, 0.29) is 6.10 Å². The summed E-state index contributed by atoms with van der Waals surface area (Å²) in [5, 5.41) is 9.22. The summed E-state index contributed by atoms with van der Waals surface area (Å²) < 4.78 is 5.36. The van der Waals surface area contributed by atoms with Crippen molar-refractivity contribution in [3.63, 3.8) is 0 Å². The van der Waals surface area contributed by atoms with Crippen LogP contribution in [0.1, 0.15) is 16.8 Å². The maximum atomic E-state index is 9.22. The summed E-state index contributed by atoms with van der Waals surface area (Å²) in [6.07, 6.45) is 1.69. The molecule has 4 nitrogen and oxygen atoms in total. The number of aliphatic hydroxyl groups is 1. The molecule has 0 saturated carbocycles. The number of aliphatic hydroxyl groups excluding tert-OH is 1. The third-order valence-corrected chi connectivity index (χ3v) is 3.06. The average Bonchev–Trinajstić information content (AvgIpc) is 2.20. The van der Waals surface area contributed by atoms with Crippen molar-refractivity contribution in [2.24, 2.45) is 0 Å². The van der Waals surface area contributed by atoms with Crippen LogP contribution in [0.25, 0.3) is 0 Å². The van der Waals surface area contributed by atoms with Gasteiger partial charge < -0.3 is 9.84 Å².